The monoisotopic (exact) mass is 276 g/mol. The van der Waals surface area contributed by atoms with Gasteiger partial charge in [-0.1, -0.05) is 11.6 Å². The summed E-state index contributed by atoms with van der Waals surface area (Å²) in [5.41, 5.74) is 0. The number of aromatic nitrogens is 1. The van der Waals surface area contributed by atoms with Crippen molar-refractivity contribution in [1.29, 1.82) is 0 Å². The van der Waals surface area contributed by atoms with Gasteiger partial charge in [-0.15, -0.1) is 11.3 Å². The van der Waals surface area contributed by atoms with Crippen LogP contribution in [0, 0.1) is 0 Å². The molecule has 0 spiro atoms. The summed E-state index contributed by atoms with van der Waals surface area (Å²) in [6.07, 6.45) is 0.130. The van der Waals surface area contributed by atoms with Gasteiger partial charge in [-0.2, -0.15) is 0 Å². The average molecular weight is 277 g/mol. The maximum absolute atomic E-state index is 11.2. The van der Waals surface area contributed by atoms with Gasteiger partial charge >= 0.3 is 5.97 Å². The van der Waals surface area contributed by atoms with E-state index in [4.69, 9.17) is 16.3 Å². The number of morpholine rings is 1. The molecule has 0 amide bonds. The van der Waals surface area contributed by atoms with Crippen molar-refractivity contribution in [2.45, 2.75) is 12.5 Å². The van der Waals surface area contributed by atoms with Gasteiger partial charge in [0, 0.05) is 18.5 Å². The first-order valence-electron chi connectivity index (χ1n) is 5.23. The minimum Gasteiger partial charge on any atom is -0.469 e. The Labute approximate surface area is 108 Å². The number of esters is 1. The number of methoxy groups -OCH3 is 1. The largest absolute Gasteiger partial charge is 0.469 e. The number of thiazole rings is 1. The van der Waals surface area contributed by atoms with Crippen molar-refractivity contribution in [1.82, 2.24) is 4.98 Å². The van der Waals surface area contributed by atoms with Crippen LogP contribution < -0.4 is 4.90 Å². The molecule has 0 bridgehead atoms. The highest BCUT2D eigenvalue weighted by Crippen LogP contribution is 2.25. The minimum absolute atomic E-state index is 0.140. The van der Waals surface area contributed by atoms with Gasteiger partial charge in [-0.05, 0) is 0 Å². The molecule has 2 rings (SSSR count). The first kappa shape index (κ1) is 12.6. The third kappa shape index (κ3) is 3.31. The van der Waals surface area contributed by atoms with E-state index in [0.717, 1.165) is 11.7 Å². The lowest BCUT2D eigenvalue weighted by molar-refractivity contribution is -0.144. The topological polar surface area (TPSA) is 51.7 Å². The Bertz CT molecular complexity index is 399. The molecule has 1 aromatic rings. The Balaban J connectivity index is 1.95. The maximum Gasteiger partial charge on any atom is 0.308 e. The van der Waals surface area contributed by atoms with Gasteiger partial charge in [0.15, 0.2) is 5.13 Å². The average Bonchev–Trinajstić information content (AvgIpc) is 2.76. The van der Waals surface area contributed by atoms with Crippen molar-refractivity contribution in [3.05, 3.63) is 10.5 Å². The lowest BCUT2D eigenvalue weighted by atomic mass is 10.2. The molecule has 0 saturated carbocycles. The van der Waals surface area contributed by atoms with E-state index in [1.165, 1.54) is 18.4 Å². The molecule has 0 radical (unpaired) electrons. The zero-order chi connectivity index (χ0) is 12.3. The SMILES string of the molecule is COC(=O)CC1CN(c2nc(Cl)cs2)CCO1. The summed E-state index contributed by atoms with van der Waals surface area (Å²) in [6.45, 7) is 1.99. The molecule has 1 saturated heterocycles. The summed E-state index contributed by atoms with van der Waals surface area (Å²) in [4.78, 5) is 17.5. The number of nitrogens with zero attached hydrogens (tertiary/aromatic N) is 2. The zero-order valence-electron chi connectivity index (χ0n) is 9.39. The van der Waals surface area contributed by atoms with Gasteiger partial charge in [0.2, 0.25) is 0 Å². The van der Waals surface area contributed by atoms with Crippen LogP contribution in [-0.4, -0.2) is 43.9 Å². The molecule has 1 atom stereocenters. The lowest BCUT2D eigenvalue weighted by Gasteiger charge is -2.32. The molecular weight excluding hydrogens is 264 g/mol. The Hall–Kier alpha value is -0.850. The molecule has 1 unspecified atom stereocenters. The van der Waals surface area contributed by atoms with Crippen molar-refractivity contribution in [2.24, 2.45) is 0 Å². The number of halogens is 1. The van der Waals surface area contributed by atoms with E-state index in [1.807, 2.05) is 0 Å². The van der Waals surface area contributed by atoms with Crippen molar-refractivity contribution in [2.75, 3.05) is 31.7 Å². The van der Waals surface area contributed by atoms with E-state index >= 15 is 0 Å². The van der Waals surface area contributed by atoms with Gasteiger partial charge in [0.05, 0.1) is 26.2 Å². The fraction of sp³-hybridized carbons (Fsp3) is 0.600. The number of hydrogen-bond donors (Lipinski definition) is 0. The van der Waals surface area contributed by atoms with Crippen LogP contribution in [0.2, 0.25) is 5.15 Å². The summed E-state index contributed by atoms with van der Waals surface area (Å²) in [5, 5.41) is 3.16. The zero-order valence-corrected chi connectivity index (χ0v) is 11.0. The summed E-state index contributed by atoms with van der Waals surface area (Å²) in [5.74, 6) is -0.256. The van der Waals surface area contributed by atoms with Gasteiger partial charge in [-0.3, -0.25) is 4.79 Å². The molecule has 2 heterocycles. The minimum atomic E-state index is -0.256. The van der Waals surface area contributed by atoms with Crippen LogP contribution in [0.15, 0.2) is 5.38 Å². The van der Waals surface area contributed by atoms with Crippen molar-refractivity contribution in [3.8, 4) is 0 Å². The summed E-state index contributed by atoms with van der Waals surface area (Å²) in [7, 11) is 1.38. The van der Waals surface area contributed by atoms with Crippen LogP contribution in [0.5, 0.6) is 0 Å². The van der Waals surface area contributed by atoms with Crippen LogP contribution in [0.25, 0.3) is 0 Å². The predicted molar refractivity (Wildman–Crippen MR) is 65.7 cm³/mol. The third-order valence-corrected chi connectivity index (χ3v) is 3.72. The molecule has 1 aromatic heterocycles. The fourth-order valence-corrected chi connectivity index (χ4v) is 2.66. The first-order chi connectivity index (χ1) is 8.19. The van der Waals surface area contributed by atoms with Crippen LogP contribution in [0.3, 0.4) is 0 Å². The molecule has 17 heavy (non-hydrogen) atoms. The molecule has 5 nitrogen and oxygen atoms in total. The standard InChI is InChI=1S/C10H13ClN2O3S/c1-15-9(14)4-7-5-13(2-3-16-7)10-12-8(11)6-17-10/h6-7H,2-5H2,1H3. The lowest BCUT2D eigenvalue weighted by Crippen LogP contribution is -2.43. The molecule has 0 N–H and O–H groups in total. The van der Waals surface area contributed by atoms with Crippen molar-refractivity contribution in [3.63, 3.8) is 0 Å². The van der Waals surface area contributed by atoms with E-state index in [1.54, 1.807) is 5.38 Å². The van der Waals surface area contributed by atoms with E-state index < -0.39 is 0 Å². The Morgan fingerprint density at radius 3 is 3.29 bits per heavy atom. The second-order valence-electron chi connectivity index (χ2n) is 3.67. The number of carbonyl (C=O) groups is 1. The molecule has 94 valence electrons. The molecule has 1 aliphatic rings. The second kappa shape index (κ2) is 5.66. The third-order valence-electron chi connectivity index (χ3n) is 2.50. The highest BCUT2D eigenvalue weighted by atomic mass is 35.5. The van der Waals surface area contributed by atoms with E-state index in [2.05, 4.69) is 14.6 Å². The normalized spacial score (nSPS) is 20.4. The number of anilines is 1. The first-order valence-corrected chi connectivity index (χ1v) is 6.49. The smallest absolute Gasteiger partial charge is 0.308 e. The summed E-state index contributed by atoms with van der Waals surface area (Å²) >= 11 is 7.28. The summed E-state index contributed by atoms with van der Waals surface area (Å²) < 4.78 is 10.1. The molecule has 7 heteroatoms. The van der Waals surface area contributed by atoms with Crippen LogP contribution in [0.4, 0.5) is 5.13 Å². The van der Waals surface area contributed by atoms with Gasteiger partial charge in [-0.25, -0.2) is 4.98 Å². The van der Waals surface area contributed by atoms with Crippen LogP contribution in [0.1, 0.15) is 6.42 Å². The molecule has 0 aromatic carbocycles. The Morgan fingerprint density at radius 2 is 2.65 bits per heavy atom. The van der Waals surface area contributed by atoms with Crippen molar-refractivity contribution >= 4 is 34.0 Å². The summed E-state index contributed by atoms with van der Waals surface area (Å²) in [6, 6.07) is 0. The van der Waals surface area contributed by atoms with Crippen LogP contribution >= 0.6 is 22.9 Å². The molecule has 1 aliphatic heterocycles. The molecular formula is C10H13ClN2O3S. The molecule has 1 fully saturated rings. The highest BCUT2D eigenvalue weighted by Gasteiger charge is 2.24. The predicted octanol–water partition coefficient (Wildman–Crippen LogP) is 1.56. The van der Waals surface area contributed by atoms with E-state index in [9.17, 15) is 4.79 Å². The number of carbonyl (C=O) groups excluding carboxylic acids is 1. The fourth-order valence-electron chi connectivity index (χ4n) is 1.68. The van der Waals surface area contributed by atoms with Crippen LogP contribution in [-0.2, 0) is 14.3 Å². The number of rotatable bonds is 3. The van der Waals surface area contributed by atoms with Gasteiger partial charge in [0.25, 0.3) is 0 Å². The van der Waals surface area contributed by atoms with E-state index in [0.29, 0.717) is 18.3 Å². The highest BCUT2D eigenvalue weighted by molar-refractivity contribution is 7.14. The quantitative estimate of drug-likeness (QED) is 0.785. The Morgan fingerprint density at radius 1 is 1.82 bits per heavy atom. The molecule has 0 aliphatic carbocycles. The Kier molecular flexibility index (Phi) is 4.20. The number of hydrogen-bond acceptors (Lipinski definition) is 6. The number of ether oxygens (including phenoxy) is 2. The van der Waals surface area contributed by atoms with Gasteiger partial charge in [0.1, 0.15) is 5.15 Å². The maximum atomic E-state index is 11.2. The van der Waals surface area contributed by atoms with Gasteiger partial charge < -0.3 is 14.4 Å². The van der Waals surface area contributed by atoms with Crippen molar-refractivity contribution < 1.29 is 14.3 Å². The van der Waals surface area contributed by atoms with E-state index in [-0.39, 0.29) is 18.5 Å². The second-order valence-corrected chi connectivity index (χ2v) is 4.90.